The summed E-state index contributed by atoms with van der Waals surface area (Å²) in [7, 11) is 0. The van der Waals surface area contributed by atoms with E-state index in [9.17, 15) is 13.2 Å². The van der Waals surface area contributed by atoms with Crippen LogP contribution in [0.15, 0.2) is 24.3 Å². The predicted molar refractivity (Wildman–Crippen MR) is 65.2 cm³/mol. The van der Waals surface area contributed by atoms with Crippen LogP contribution in [0.2, 0.25) is 0 Å². The first-order valence-electron chi connectivity index (χ1n) is 6.26. The summed E-state index contributed by atoms with van der Waals surface area (Å²) < 4.78 is 45.2. The van der Waals surface area contributed by atoms with Crippen molar-refractivity contribution in [2.75, 3.05) is 26.3 Å². The van der Waals surface area contributed by atoms with Gasteiger partial charge in [-0.25, -0.2) is 0 Å². The Hall–Kier alpha value is -1.31. The van der Waals surface area contributed by atoms with Crippen LogP contribution in [0.25, 0.3) is 0 Å². The highest BCUT2D eigenvalue weighted by atomic mass is 19.4. The molecule has 2 rings (SSSR count). The van der Waals surface area contributed by atoms with Crippen molar-refractivity contribution >= 4 is 0 Å². The maximum Gasteiger partial charge on any atom is 0.573 e. The monoisotopic (exact) mass is 291 g/mol. The van der Waals surface area contributed by atoms with Gasteiger partial charge in [0.25, 0.3) is 0 Å². The Morgan fingerprint density at radius 1 is 1.30 bits per heavy atom. The van der Waals surface area contributed by atoms with Crippen molar-refractivity contribution in [2.45, 2.75) is 19.0 Å². The zero-order valence-electron chi connectivity index (χ0n) is 10.8. The summed E-state index contributed by atoms with van der Waals surface area (Å²) >= 11 is 0. The normalized spacial score (nSPS) is 20.9. The van der Waals surface area contributed by atoms with Gasteiger partial charge in [0.15, 0.2) is 0 Å². The lowest BCUT2D eigenvalue weighted by Gasteiger charge is -2.32. The van der Waals surface area contributed by atoms with E-state index in [1.54, 1.807) is 12.1 Å². The van der Waals surface area contributed by atoms with Gasteiger partial charge in [-0.15, -0.1) is 13.2 Å². The van der Waals surface area contributed by atoms with E-state index in [4.69, 9.17) is 9.84 Å². The smallest absolute Gasteiger partial charge is 0.406 e. The molecule has 4 nitrogen and oxygen atoms in total. The minimum Gasteiger partial charge on any atom is -0.406 e. The van der Waals surface area contributed by atoms with Gasteiger partial charge >= 0.3 is 6.36 Å². The molecule has 1 aromatic rings. The zero-order valence-corrected chi connectivity index (χ0v) is 10.8. The van der Waals surface area contributed by atoms with E-state index >= 15 is 0 Å². The SMILES string of the molecule is OCC1CN(Cc2ccc(OC(F)(F)F)cc2)CCO1. The number of aliphatic hydroxyl groups is 1. The summed E-state index contributed by atoms with van der Waals surface area (Å²) in [6, 6.07) is 5.80. The maximum atomic E-state index is 12.0. The van der Waals surface area contributed by atoms with Crippen LogP contribution in [0.3, 0.4) is 0 Å². The molecular weight excluding hydrogens is 275 g/mol. The molecular formula is C13H16F3NO3. The standard InChI is InChI=1S/C13H16F3NO3/c14-13(15,16)20-11-3-1-10(2-4-11)7-17-5-6-19-12(8-17)9-18/h1-4,12,18H,5-9H2. The van der Waals surface area contributed by atoms with Gasteiger partial charge in [0.1, 0.15) is 5.75 Å². The number of nitrogens with zero attached hydrogens (tertiary/aromatic N) is 1. The number of benzene rings is 1. The van der Waals surface area contributed by atoms with E-state index in [0.717, 1.165) is 12.1 Å². The molecule has 0 bridgehead atoms. The molecule has 112 valence electrons. The molecule has 1 unspecified atom stereocenters. The zero-order chi connectivity index (χ0) is 14.6. The number of morpholine rings is 1. The molecule has 0 saturated carbocycles. The van der Waals surface area contributed by atoms with Crippen molar-refractivity contribution in [3.8, 4) is 5.75 Å². The highest BCUT2D eigenvalue weighted by Crippen LogP contribution is 2.23. The molecule has 0 amide bonds. The summed E-state index contributed by atoms with van der Waals surface area (Å²) in [6.07, 6.45) is -4.86. The van der Waals surface area contributed by atoms with Crippen LogP contribution >= 0.6 is 0 Å². The first kappa shape index (κ1) is 15.1. The molecule has 1 saturated heterocycles. The molecule has 1 heterocycles. The second kappa shape index (κ2) is 6.43. The third kappa shape index (κ3) is 4.66. The topological polar surface area (TPSA) is 41.9 Å². The van der Waals surface area contributed by atoms with Crippen molar-refractivity contribution in [3.63, 3.8) is 0 Å². The number of aliphatic hydroxyl groups excluding tert-OH is 1. The van der Waals surface area contributed by atoms with Gasteiger partial charge in [0.05, 0.1) is 19.3 Å². The average Bonchev–Trinajstić information content (AvgIpc) is 2.40. The lowest BCUT2D eigenvalue weighted by atomic mass is 10.2. The minimum absolute atomic E-state index is 0.0329. The van der Waals surface area contributed by atoms with Crippen LogP contribution in [-0.2, 0) is 11.3 Å². The van der Waals surface area contributed by atoms with Gasteiger partial charge in [-0.1, -0.05) is 12.1 Å². The Morgan fingerprint density at radius 3 is 2.60 bits per heavy atom. The Bertz CT molecular complexity index is 422. The molecule has 0 aromatic heterocycles. The second-order valence-electron chi connectivity index (χ2n) is 4.60. The number of halogens is 3. The van der Waals surface area contributed by atoms with E-state index in [1.807, 2.05) is 0 Å². The lowest BCUT2D eigenvalue weighted by Crippen LogP contribution is -2.43. The third-order valence-electron chi connectivity index (χ3n) is 2.99. The number of hydrogen-bond donors (Lipinski definition) is 1. The number of alkyl halides is 3. The molecule has 1 aliphatic rings. The Balaban J connectivity index is 1.90. The minimum atomic E-state index is -4.67. The molecule has 1 aromatic carbocycles. The van der Waals surface area contributed by atoms with Gasteiger partial charge in [0, 0.05) is 19.6 Å². The van der Waals surface area contributed by atoms with Crippen molar-refractivity contribution in [1.82, 2.24) is 4.90 Å². The summed E-state index contributed by atoms with van der Waals surface area (Å²) in [4.78, 5) is 2.09. The largest absolute Gasteiger partial charge is 0.573 e. The highest BCUT2D eigenvalue weighted by Gasteiger charge is 2.31. The first-order valence-corrected chi connectivity index (χ1v) is 6.26. The molecule has 20 heavy (non-hydrogen) atoms. The van der Waals surface area contributed by atoms with Crippen LogP contribution in [0.1, 0.15) is 5.56 Å². The van der Waals surface area contributed by atoms with Gasteiger partial charge in [-0.2, -0.15) is 0 Å². The molecule has 0 spiro atoms. The Morgan fingerprint density at radius 2 is 2.00 bits per heavy atom. The molecule has 1 atom stereocenters. The summed E-state index contributed by atoms with van der Waals surface area (Å²) in [6.45, 7) is 2.45. The molecule has 1 aliphatic heterocycles. The molecule has 1 fully saturated rings. The maximum absolute atomic E-state index is 12.0. The van der Waals surface area contributed by atoms with Crippen LogP contribution in [0, 0.1) is 0 Å². The Labute approximate surface area is 114 Å². The highest BCUT2D eigenvalue weighted by molar-refractivity contribution is 5.27. The fourth-order valence-electron chi connectivity index (χ4n) is 2.09. The predicted octanol–water partition coefficient (Wildman–Crippen LogP) is 1.78. The molecule has 0 radical (unpaired) electrons. The fourth-order valence-corrected chi connectivity index (χ4v) is 2.09. The third-order valence-corrected chi connectivity index (χ3v) is 2.99. The van der Waals surface area contributed by atoms with Crippen molar-refractivity contribution in [1.29, 1.82) is 0 Å². The quantitative estimate of drug-likeness (QED) is 0.918. The lowest BCUT2D eigenvalue weighted by molar-refractivity contribution is -0.274. The number of hydrogen-bond acceptors (Lipinski definition) is 4. The fraction of sp³-hybridized carbons (Fsp3) is 0.538. The molecule has 0 aliphatic carbocycles. The van der Waals surface area contributed by atoms with Gasteiger partial charge in [-0.3, -0.25) is 4.90 Å². The van der Waals surface area contributed by atoms with Crippen LogP contribution in [0.5, 0.6) is 5.75 Å². The van der Waals surface area contributed by atoms with E-state index in [0.29, 0.717) is 19.7 Å². The average molecular weight is 291 g/mol. The van der Waals surface area contributed by atoms with E-state index in [-0.39, 0.29) is 18.5 Å². The van der Waals surface area contributed by atoms with Crippen molar-refractivity contribution < 1.29 is 27.8 Å². The molecule has 1 N–H and O–H groups in total. The van der Waals surface area contributed by atoms with Gasteiger partial charge < -0.3 is 14.6 Å². The van der Waals surface area contributed by atoms with Gasteiger partial charge in [0.2, 0.25) is 0 Å². The van der Waals surface area contributed by atoms with Crippen molar-refractivity contribution in [3.05, 3.63) is 29.8 Å². The number of ether oxygens (including phenoxy) is 2. The van der Waals surface area contributed by atoms with Gasteiger partial charge in [-0.05, 0) is 17.7 Å². The summed E-state index contributed by atoms with van der Waals surface area (Å²) in [5.74, 6) is -0.225. The molecule has 7 heteroatoms. The Kier molecular flexibility index (Phi) is 4.85. The summed E-state index contributed by atoms with van der Waals surface area (Å²) in [5.41, 5.74) is 0.887. The van der Waals surface area contributed by atoms with E-state index < -0.39 is 6.36 Å². The van der Waals surface area contributed by atoms with Crippen LogP contribution < -0.4 is 4.74 Å². The van der Waals surface area contributed by atoms with E-state index in [1.165, 1.54) is 12.1 Å². The number of rotatable bonds is 4. The van der Waals surface area contributed by atoms with Crippen LogP contribution in [-0.4, -0.2) is 48.8 Å². The second-order valence-corrected chi connectivity index (χ2v) is 4.60. The first-order chi connectivity index (χ1) is 9.46. The van der Waals surface area contributed by atoms with Crippen molar-refractivity contribution in [2.24, 2.45) is 0 Å². The summed E-state index contributed by atoms with van der Waals surface area (Å²) in [5, 5.41) is 9.04. The van der Waals surface area contributed by atoms with E-state index in [2.05, 4.69) is 9.64 Å². The van der Waals surface area contributed by atoms with Crippen LogP contribution in [0.4, 0.5) is 13.2 Å².